The number of hydrogen-bond acceptors (Lipinski definition) is 7. The Labute approximate surface area is 189 Å². The molecule has 5 rings (SSSR count). The molecule has 3 heterocycles. The second kappa shape index (κ2) is 8.23. The van der Waals surface area contributed by atoms with Crippen LogP contribution in [0.15, 0.2) is 75.9 Å². The van der Waals surface area contributed by atoms with Crippen molar-refractivity contribution in [2.24, 2.45) is 0 Å². The van der Waals surface area contributed by atoms with Gasteiger partial charge in [-0.15, -0.1) is 0 Å². The minimum absolute atomic E-state index is 0.0931. The van der Waals surface area contributed by atoms with E-state index in [4.69, 9.17) is 13.8 Å². The van der Waals surface area contributed by atoms with Crippen LogP contribution in [0.25, 0.3) is 39.5 Å². The number of aryl methyl sites for hydroxylation is 2. The highest BCUT2D eigenvalue weighted by atomic mass is 16.5. The predicted octanol–water partition coefficient (Wildman–Crippen LogP) is 5.25. The predicted molar refractivity (Wildman–Crippen MR) is 121 cm³/mol. The van der Waals surface area contributed by atoms with Crippen LogP contribution in [-0.2, 0) is 4.74 Å². The van der Waals surface area contributed by atoms with E-state index in [-0.39, 0.29) is 5.82 Å². The Morgan fingerprint density at radius 3 is 2.06 bits per heavy atom. The van der Waals surface area contributed by atoms with Crippen LogP contribution >= 0.6 is 0 Å². The van der Waals surface area contributed by atoms with Crippen molar-refractivity contribution in [2.75, 3.05) is 7.11 Å². The molecule has 8 heteroatoms. The molecule has 33 heavy (non-hydrogen) atoms. The Bertz CT molecular complexity index is 1430. The van der Waals surface area contributed by atoms with Crippen molar-refractivity contribution in [2.45, 2.75) is 13.8 Å². The number of hydrogen-bond donors (Lipinski definition) is 0. The van der Waals surface area contributed by atoms with Gasteiger partial charge in [-0.1, -0.05) is 71.0 Å². The molecule has 0 saturated carbocycles. The van der Waals surface area contributed by atoms with Crippen molar-refractivity contribution >= 4 is 5.97 Å². The van der Waals surface area contributed by atoms with Gasteiger partial charge in [0, 0.05) is 11.1 Å². The van der Waals surface area contributed by atoms with E-state index >= 15 is 0 Å². The molecule has 0 spiro atoms. The van der Waals surface area contributed by atoms with Gasteiger partial charge in [-0.25, -0.2) is 9.78 Å². The average Bonchev–Trinajstić information content (AvgIpc) is 3.55. The molecule has 0 aliphatic heterocycles. The van der Waals surface area contributed by atoms with Crippen LogP contribution in [0.4, 0.5) is 0 Å². The first kappa shape index (κ1) is 20.4. The van der Waals surface area contributed by atoms with Crippen LogP contribution < -0.4 is 0 Å². The maximum atomic E-state index is 12.7. The van der Waals surface area contributed by atoms with Gasteiger partial charge in [-0.05, 0) is 13.8 Å². The summed E-state index contributed by atoms with van der Waals surface area (Å²) < 4.78 is 17.9. The molecular weight excluding hydrogens is 420 g/mol. The van der Waals surface area contributed by atoms with Gasteiger partial charge in [0.05, 0.1) is 24.6 Å². The summed E-state index contributed by atoms with van der Waals surface area (Å²) in [4.78, 5) is 17.1. The lowest BCUT2D eigenvalue weighted by molar-refractivity contribution is 0.0585. The summed E-state index contributed by atoms with van der Waals surface area (Å²) in [5.41, 5.74) is 4.84. The van der Waals surface area contributed by atoms with Gasteiger partial charge < -0.3 is 13.8 Å². The lowest BCUT2D eigenvalue weighted by Gasteiger charge is -2.12. The van der Waals surface area contributed by atoms with Gasteiger partial charge in [0.25, 0.3) is 0 Å². The number of nitrogens with zero attached hydrogens (tertiary/aromatic N) is 4. The van der Waals surface area contributed by atoms with Gasteiger partial charge in [0.1, 0.15) is 22.8 Å². The molecule has 2 aromatic carbocycles. The molecule has 0 saturated heterocycles. The lowest BCUT2D eigenvalue weighted by Crippen LogP contribution is -2.12. The first-order valence-corrected chi connectivity index (χ1v) is 10.3. The second-order valence-corrected chi connectivity index (χ2v) is 7.42. The number of aromatic nitrogens is 4. The van der Waals surface area contributed by atoms with Crippen LogP contribution in [-0.4, -0.2) is 32.9 Å². The Hall–Kier alpha value is -4.46. The van der Waals surface area contributed by atoms with Gasteiger partial charge in [-0.3, -0.25) is 4.57 Å². The molecule has 3 aromatic heterocycles. The Balaban J connectivity index is 1.81. The zero-order valence-corrected chi connectivity index (χ0v) is 18.3. The quantitative estimate of drug-likeness (QED) is 0.344. The van der Waals surface area contributed by atoms with Crippen molar-refractivity contribution in [3.63, 3.8) is 0 Å². The van der Waals surface area contributed by atoms with Crippen molar-refractivity contribution in [3.05, 3.63) is 84.2 Å². The van der Waals surface area contributed by atoms with E-state index in [0.717, 1.165) is 11.1 Å². The summed E-state index contributed by atoms with van der Waals surface area (Å²) >= 11 is 0. The van der Waals surface area contributed by atoms with E-state index < -0.39 is 5.97 Å². The van der Waals surface area contributed by atoms with E-state index in [1.165, 1.54) is 7.11 Å². The molecule has 0 aliphatic rings. The summed E-state index contributed by atoms with van der Waals surface area (Å²) in [5.74, 6) is 0.613. The number of ether oxygens (including phenoxy) is 1. The largest absolute Gasteiger partial charge is 0.463 e. The third-order valence-corrected chi connectivity index (χ3v) is 5.40. The third kappa shape index (κ3) is 3.41. The average molecular weight is 440 g/mol. The highest BCUT2D eigenvalue weighted by Crippen LogP contribution is 2.39. The number of carbonyl (C=O) groups is 1. The molecule has 0 bridgehead atoms. The number of methoxy groups -OCH3 is 1. The minimum Gasteiger partial charge on any atom is -0.463 e. The molecule has 0 radical (unpaired) electrons. The fourth-order valence-electron chi connectivity index (χ4n) is 3.87. The first-order chi connectivity index (χ1) is 16.1. The molecular formula is C25H20N4O4. The van der Waals surface area contributed by atoms with Crippen molar-refractivity contribution < 1.29 is 18.6 Å². The van der Waals surface area contributed by atoms with E-state index in [1.807, 2.05) is 67.6 Å². The van der Waals surface area contributed by atoms with E-state index in [9.17, 15) is 4.79 Å². The normalized spacial score (nSPS) is 11.0. The second-order valence-electron chi connectivity index (χ2n) is 7.42. The summed E-state index contributed by atoms with van der Waals surface area (Å²) in [6, 6.07) is 19.3. The number of imidazole rings is 1. The minimum atomic E-state index is -0.587. The molecule has 0 aliphatic carbocycles. The topological polar surface area (TPSA) is 96.2 Å². The molecule has 0 unspecified atom stereocenters. The third-order valence-electron chi connectivity index (χ3n) is 5.40. The summed E-state index contributed by atoms with van der Waals surface area (Å²) in [6.07, 6.45) is 1.61. The summed E-state index contributed by atoms with van der Waals surface area (Å²) in [7, 11) is 1.32. The van der Waals surface area contributed by atoms with Gasteiger partial charge in [0.2, 0.25) is 5.82 Å². The van der Waals surface area contributed by atoms with Crippen LogP contribution in [0.2, 0.25) is 0 Å². The maximum Gasteiger partial charge on any atom is 0.374 e. The fourth-order valence-corrected chi connectivity index (χ4v) is 3.87. The SMILES string of the molecule is COC(=O)c1ncc(-c2c(-c3ccccc3)noc2C)n1-c1c(-c2ccccc2)noc1C. The standard InChI is InChI=1S/C25H20N4O4/c1-15-20(21(27-32-15)17-10-6-4-7-11-17)19-14-26-24(25(30)31-3)29(19)23-16(2)33-28-22(23)18-12-8-5-9-13-18/h4-14H,1-3H3. The molecule has 8 nitrogen and oxygen atoms in total. The Morgan fingerprint density at radius 2 is 1.42 bits per heavy atom. The summed E-state index contributed by atoms with van der Waals surface area (Å²) in [5, 5.41) is 8.57. The van der Waals surface area contributed by atoms with Crippen LogP contribution in [0.3, 0.4) is 0 Å². The monoisotopic (exact) mass is 440 g/mol. The summed E-state index contributed by atoms with van der Waals surface area (Å²) in [6.45, 7) is 3.61. The van der Waals surface area contributed by atoms with Crippen LogP contribution in [0.5, 0.6) is 0 Å². The highest BCUT2D eigenvalue weighted by Gasteiger charge is 2.29. The fraction of sp³-hybridized carbons (Fsp3) is 0.120. The molecule has 0 N–H and O–H groups in total. The molecule has 0 fully saturated rings. The van der Waals surface area contributed by atoms with Gasteiger partial charge in [-0.2, -0.15) is 0 Å². The number of rotatable bonds is 5. The number of esters is 1. The molecule has 5 aromatic rings. The number of carbonyl (C=O) groups excluding carboxylic acids is 1. The molecule has 0 amide bonds. The smallest absolute Gasteiger partial charge is 0.374 e. The lowest BCUT2D eigenvalue weighted by atomic mass is 10.0. The van der Waals surface area contributed by atoms with Gasteiger partial charge in [0.15, 0.2) is 5.76 Å². The Morgan fingerprint density at radius 1 is 0.848 bits per heavy atom. The van der Waals surface area contributed by atoms with Crippen LogP contribution in [0, 0.1) is 13.8 Å². The van der Waals surface area contributed by atoms with Crippen molar-refractivity contribution in [1.82, 2.24) is 19.9 Å². The zero-order chi connectivity index (χ0) is 22.9. The Kier molecular flexibility index (Phi) is 5.10. The molecule has 164 valence electrons. The van der Waals surface area contributed by atoms with Crippen molar-refractivity contribution in [1.29, 1.82) is 0 Å². The molecule has 0 atom stereocenters. The van der Waals surface area contributed by atoms with E-state index in [2.05, 4.69) is 15.3 Å². The zero-order valence-electron chi connectivity index (χ0n) is 18.3. The highest BCUT2D eigenvalue weighted by molar-refractivity contribution is 5.90. The van der Waals surface area contributed by atoms with Crippen molar-refractivity contribution in [3.8, 4) is 39.5 Å². The van der Waals surface area contributed by atoms with Gasteiger partial charge >= 0.3 is 5.97 Å². The first-order valence-electron chi connectivity index (χ1n) is 10.3. The maximum absolute atomic E-state index is 12.7. The number of benzene rings is 2. The van der Waals surface area contributed by atoms with Crippen LogP contribution in [0.1, 0.15) is 22.1 Å². The van der Waals surface area contributed by atoms with E-state index in [0.29, 0.717) is 39.9 Å². The van der Waals surface area contributed by atoms with E-state index in [1.54, 1.807) is 17.7 Å².